The Morgan fingerprint density at radius 1 is 1.27 bits per heavy atom. The molecule has 1 N–H and O–H groups in total. The summed E-state index contributed by atoms with van der Waals surface area (Å²) < 4.78 is 0. The van der Waals surface area contributed by atoms with Crippen LogP contribution in [-0.4, -0.2) is 34.5 Å². The van der Waals surface area contributed by atoms with Crippen LogP contribution in [0.4, 0.5) is 0 Å². The molecule has 0 fully saturated rings. The van der Waals surface area contributed by atoms with Crippen LogP contribution in [0.2, 0.25) is 0 Å². The zero-order chi connectivity index (χ0) is 12.1. The van der Waals surface area contributed by atoms with Gasteiger partial charge in [-0.2, -0.15) is 0 Å². The maximum atomic E-state index is 11.7. The van der Waals surface area contributed by atoms with Gasteiger partial charge in [0.2, 0.25) is 5.91 Å². The summed E-state index contributed by atoms with van der Waals surface area (Å²) >= 11 is 0. The summed E-state index contributed by atoms with van der Waals surface area (Å²) in [6.07, 6.45) is 1.67. The molecule has 4 nitrogen and oxygen atoms in total. The van der Waals surface area contributed by atoms with Crippen LogP contribution in [0.15, 0.2) is 0 Å². The van der Waals surface area contributed by atoms with Crippen molar-refractivity contribution >= 4 is 11.9 Å². The Morgan fingerprint density at radius 2 is 1.80 bits per heavy atom. The van der Waals surface area contributed by atoms with Crippen molar-refractivity contribution < 1.29 is 14.7 Å². The van der Waals surface area contributed by atoms with E-state index >= 15 is 0 Å². The number of amides is 1. The SMILES string of the molecule is CCC(C)(C)N(C)C(=O)CCCC(=O)O. The Labute approximate surface area is 91.3 Å². The number of nitrogens with zero attached hydrogens (tertiary/aromatic N) is 1. The molecule has 0 unspecified atom stereocenters. The first-order chi connectivity index (χ1) is 6.81. The number of hydrogen-bond acceptors (Lipinski definition) is 2. The summed E-state index contributed by atoms with van der Waals surface area (Å²) in [6, 6.07) is 0. The zero-order valence-corrected chi connectivity index (χ0v) is 10.0. The smallest absolute Gasteiger partial charge is 0.303 e. The Morgan fingerprint density at radius 3 is 2.20 bits per heavy atom. The number of carbonyl (C=O) groups is 2. The molecule has 88 valence electrons. The monoisotopic (exact) mass is 215 g/mol. The highest BCUT2D eigenvalue weighted by atomic mass is 16.4. The lowest BCUT2D eigenvalue weighted by Crippen LogP contribution is -2.44. The second-order valence-corrected chi connectivity index (χ2v) is 4.37. The van der Waals surface area contributed by atoms with E-state index in [4.69, 9.17) is 5.11 Å². The molecule has 0 aromatic heterocycles. The summed E-state index contributed by atoms with van der Waals surface area (Å²) in [5, 5.41) is 8.45. The highest BCUT2D eigenvalue weighted by Crippen LogP contribution is 2.17. The van der Waals surface area contributed by atoms with Crippen molar-refractivity contribution in [3.05, 3.63) is 0 Å². The number of aliphatic carboxylic acids is 1. The summed E-state index contributed by atoms with van der Waals surface area (Å²) in [5.74, 6) is -0.830. The van der Waals surface area contributed by atoms with E-state index in [2.05, 4.69) is 0 Å². The van der Waals surface area contributed by atoms with Crippen molar-refractivity contribution in [3.8, 4) is 0 Å². The predicted octanol–water partition coefficient (Wildman–Crippen LogP) is 1.89. The Bertz CT molecular complexity index is 236. The molecule has 0 aliphatic heterocycles. The van der Waals surface area contributed by atoms with Gasteiger partial charge in [-0.05, 0) is 26.7 Å². The highest BCUT2D eigenvalue weighted by Gasteiger charge is 2.24. The van der Waals surface area contributed by atoms with E-state index in [1.165, 1.54) is 0 Å². The van der Waals surface area contributed by atoms with E-state index in [0.29, 0.717) is 12.8 Å². The number of rotatable bonds is 6. The van der Waals surface area contributed by atoms with Crippen molar-refractivity contribution in [2.24, 2.45) is 0 Å². The van der Waals surface area contributed by atoms with E-state index in [0.717, 1.165) is 6.42 Å². The van der Waals surface area contributed by atoms with E-state index in [1.807, 2.05) is 20.8 Å². The lowest BCUT2D eigenvalue weighted by atomic mass is 9.99. The average molecular weight is 215 g/mol. The second kappa shape index (κ2) is 5.73. The predicted molar refractivity (Wildman–Crippen MR) is 58.6 cm³/mol. The zero-order valence-electron chi connectivity index (χ0n) is 10.0. The minimum atomic E-state index is -0.847. The Hall–Kier alpha value is -1.06. The number of carboxylic acids is 1. The van der Waals surface area contributed by atoms with Gasteiger partial charge < -0.3 is 10.0 Å². The largest absolute Gasteiger partial charge is 0.481 e. The molecule has 0 spiro atoms. The molecule has 0 aliphatic rings. The van der Waals surface area contributed by atoms with Crippen LogP contribution in [-0.2, 0) is 9.59 Å². The molecule has 0 saturated heterocycles. The van der Waals surface area contributed by atoms with Gasteiger partial charge in [0, 0.05) is 25.4 Å². The topological polar surface area (TPSA) is 57.6 Å². The van der Waals surface area contributed by atoms with Crippen LogP contribution in [0.25, 0.3) is 0 Å². The number of carboxylic acid groups (broad SMARTS) is 1. The molecule has 1 amide bonds. The fraction of sp³-hybridized carbons (Fsp3) is 0.818. The van der Waals surface area contributed by atoms with Crippen molar-refractivity contribution in [3.63, 3.8) is 0 Å². The van der Waals surface area contributed by atoms with Gasteiger partial charge in [0.15, 0.2) is 0 Å². The van der Waals surface area contributed by atoms with Crippen LogP contribution >= 0.6 is 0 Å². The maximum absolute atomic E-state index is 11.7. The molecule has 0 atom stereocenters. The molecule has 4 heteroatoms. The van der Waals surface area contributed by atoms with Gasteiger partial charge in [-0.15, -0.1) is 0 Å². The summed E-state index contributed by atoms with van der Waals surface area (Å²) in [5.41, 5.74) is -0.152. The van der Waals surface area contributed by atoms with E-state index < -0.39 is 5.97 Å². The minimum absolute atomic E-state index is 0.0168. The average Bonchev–Trinajstić information content (AvgIpc) is 2.15. The highest BCUT2D eigenvalue weighted by molar-refractivity contribution is 5.77. The number of carbonyl (C=O) groups excluding carboxylic acids is 1. The fourth-order valence-electron chi connectivity index (χ4n) is 1.13. The van der Waals surface area contributed by atoms with E-state index in [1.54, 1.807) is 11.9 Å². The van der Waals surface area contributed by atoms with Crippen LogP contribution < -0.4 is 0 Å². The normalized spacial score (nSPS) is 11.2. The van der Waals surface area contributed by atoms with Gasteiger partial charge in [0.05, 0.1) is 0 Å². The Balaban J connectivity index is 4.05. The molecule has 0 bridgehead atoms. The van der Waals surface area contributed by atoms with Crippen LogP contribution in [0.5, 0.6) is 0 Å². The minimum Gasteiger partial charge on any atom is -0.481 e. The third-order valence-corrected chi connectivity index (χ3v) is 2.93. The maximum Gasteiger partial charge on any atom is 0.303 e. The molecule has 0 radical (unpaired) electrons. The van der Waals surface area contributed by atoms with Gasteiger partial charge in [0.25, 0.3) is 0 Å². The second-order valence-electron chi connectivity index (χ2n) is 4.37. The molecule has 0 rings (SSSR count). The lowest BCUT2D eigenvalue weighted by Gasteiger charge is -2.35. The summed E-state index contributed by atoms with van der Waals surface area (Å²) in [6.45, 7) is 6.03. The number of hydrogen-bond donors (Lipinski definition) is 1. The van der Waals surface area contributed by atoms with Gasteiger partial charge in [-0.3, -0.25) is 9.59 Å². The van der Waals surface area contributed by atoms with Crippen LogP contribution in [0.3, 0.4) is 0 Å². The van der Waals surface area contributed by atoms with Gasteiger partial charge in [0.1, 0.15) is 0 Å². The molecule has 0 aromatic rings. The van der Waals surface area contributed by atoms with Crippen LogP contribution in [0.1, 0.15) is 46.5 Å². The van der Waals surface area contributed by atoms with E-state index in [9.17, 15) is 9.59 Å². The molecule has 0 aromatic carbocycles. The third-order valence-electron chi connectivity index (χ3n) is 2.93. The summed E-state index contributed by atoms with van der Waals surface area (Å²) in [7, 11) is 1.77. The molecule has 0 heterocycles. The van der Waals surface area contributed by atoms with Gasteiger partial charge in [-0.1, -0.05) is 6.92 Å². The van der Waals surface area contributed by atoms with Gasteiger partial charge in [-0.25, -0.2) is 0 Å². The van der Waals surface area contributed by atoms with Crippen molar-refractivity contribution in [2.75, 3.05) is 7.05 Å². The molecule has 0 aliphatic carbocycles. The standard InChI is InChI=1S/C11H21NO3/c1-5-11(2,3)12(4)9(13)7-6-8-10(14)15/h5-8H2,1-4H3,(H,14,15). The van der Waals surface area contributed by atoms with Crippen molar-refractivity contribution in [1.29, 1.82) is 0 Å². The van der Waals surface area contributed by atoms with Gasteiger partial charge >= 0.3 is 5.97 Å². The van der Waals surface area contributed by atoms with Crippen molar-refractivity contribution in [2.45, 2.75) is 52.0 Å². The first-order valence-electron chi connectivity index (χ1n) is 5.29. The van der Waals surface area contributed by atoms with Crippen LogP contribution in [0, 0.1) is 0 Å². The molecule has 15 heavy (non-hydrogen) atoms. The first kappa shape index (κ1) is 13.9. The first-order valence-corrected chi connectivity index (χ1v) is 5.29. The fourth-order valence-corrected chi connectivity index (χ4v) is 1.13. The molecular formula is C11H21NO3. The Kier molecular flexibility index (Phi) is 5.33. The molecule has 0 saturated carbocycles. The quantitative estimate of drug-likeness (QED) is 0.736. The van der Waals surface area contributed by atoms with Crippen molar-refractivity contribution in [1.82, 2.24) is 4.90 Å². The summed E-state index contributed by atoms with van der Waals surface area (Å²) in [4.78, 5) is 23.6. The molecular weight excluding hydrogens is 194 g/mol. The van der Waals surface area contributed by atoms with E-state index in [-0.39, 0.29) is 17.9 Å². The third kappa shape index (κ3) is 4.81. The lowest BCUT2D eigenvalue weighted by molar-refractivity contribution is -0.137.